The van der Waals surface area contributed by atoms with E-state index < -0.39 is 11.8 Å². The molecule has 4 unspecified atom stereocenters. The number of nitrogens with zero attached hydrogens (tertiary/aromatic N) is 4. The maximum atomic E-state index is 15.7. The number of piperazine rings is 1. The molecular formula is C34H33Cl2FN4O5. The second-order valence-electron chi connectivity index (χ2n) is 12.9. The molecule has 46 heavy (non-hydrogen) atoms. The van der Waals surface area contributed by atoms with Crippen LogP contribution in [-0.4, -0.2) is 91.0 Å². The maximum absolute atomic E-state index is 15.7. The zero-order valence-electron chi connectivity index (χ0n) is 25.2. The zero-order valence-corrected chi connectivity index (χ0v) is 26.7. The van der Waals surface area contributed by atoms with Gasteiger partial charge >= 0.3 is 5.97 Å². The van der Waals surface area contributed by atoms with Crippen molar-refractivity contribution >= 4 is 46.5 Å². The number of carbonyl (C=O) groups is 2. The Labute approximate surface area is 276 Å². The first kappa shape index (κ1) is 29.8. The Morgan fingerprint density at radius 3 is 2.43 bits per heavy atom. The molecule has 12 heteroatoms. The molecule has 8 rings (SSSR count). The number of halogens is 3. The Kier molecular flexibility index (Phi) is 7.32. The number of likely N-dealkylation sites (N-methyl/N-ethyl adjacent to an activating group) is 1. The minimum absolute atomic E-state index is 0.0376. The van der Waals surface area contributed by atoms with Crippen LogP contribution in [0.2, 0.25) is 10.0 Å². The van der Waals surface area contributed by atoms with Crippen LogP contribution in [0, 0.1) is 5.82 Å². The fourth-order valence-corrected chi connectivity index (χ4v) is 8.41. The van der Waals surface area contributed by atoms with Crippen molar-refractivity contribution in [1.82, 2.24) is 9.80 Å². The lowest BCUT2D eigenvalue weighted by Crippen LogP contribution is -2.46. The molecule has 1 N–H and O–H groups in total. The SMILES string of the molecule is CN1CCN(c2cc(Cl)c(C(=O)N3COc4c(cccc4-c4cc(N5C6CCC5COC6)c(C(=O)O)cc4F)C3)c(Cl)c2)C2CC21. The van der Waals surface area contributed by atoms with E-state index in [1.54, 1.807) is 18.2 Å². The number of fused-ring (bicyclic) bond motifs is 4. The van der Waals surface area contributed by atoms with Crippen LogP contribution in [0.3, 0.4) is 0 Å². The molecule has 3 aromatic carbocycles. The van der Waals surface area contributed by atoms with Crippen molar-refractivity contribution in [2.45, 2.75) is 50.0 Å². The van der Waals surface area contributed by atoms with Crippen molar-refractivity contribution in [3.63, 3.8) is 0 Å². The molecule has 240 valence electrons. The Bertz CT molecular complexity index is 1730. The Morgan fingerprint density at radius 2 is 1.72 bits per heavy atom. The smallest absolute Gasteiger partial charge is 0.337 e. The number of para-hydroxylation sites is 1. The van der Waals surface area contributed by atoms with Gasteiger partial charge in [-0.05, 0) is 50.6 Å². The molecule has 0 radical (unpaired) electrons. The number of morpholine rings is 1. The van der Waals surface area contributed by atoms with Gasteiger partial charge in [0.2, 0.25) is 0 Å². The third kappa shape index (κ3) is 4.89. The second kappa shape index (κ2) is 11.3. The molecule has 9 nitrogen and oxygen atoms in total. The van der Waals surface area contributed by atoms with Gasteiger partial charge < -0.3 is 29.3 Å². The number of aromatic carboxylic acids is 1. The highest BCUT2D eigenvalue weighted by Gasteiger charge is 2.48. The van der Waals surface area contributed by atoms with Crippen LogP contribution in [0.25, 0.3) is 11.1 Å². The largest absolute Gasteiger partial charge is 0.478 e. The Hall–Kier alpha value is -3.57. The zero-order chi connectivity index (χ0) is 31.9. The van der Waals surface area contributed by atoms with Crippen molar-refractivity contribution < 1.29 is 28.6 Å². The quantitative estimate of drug-likeness (QED) is 0.369. The van der Waals surface area contributed by atoms with Gasteiger partial charge in [-0.15, -0.1) is 0 Å². The lowest BCUT2D eigenvalue weighted by atomic mass is 9.96. The lowest BCUT2D eigenvalue weighted by molar-refractivity contribution is 0.0516. The predicted molar refractivity (Wildman–Crippen MR) is 173 cm³/mol. The number of carbonyl (C=O) groups excluding carboxylic acids is 1. The first-order valence-electron chi connectivity index (χ1n) is 15.6. The highest BCUT2D eigenvalue weighted by molar-refractivity contribution is 6.40. The van der Waals surface area contributed by atoms with Crippen LogP contribution in [0.4, 0.5) is 15.8 Å². The van der Waals surface area contributed by atoms with E-state index in [-0.39, 0.29) is 58.0 Å². The molecule has 2 bridgehead atoms. The van der Waals surface area contributed by atoms with Crippen molar-refractivity contribution in [2.75, 3.05) is 49.9 Å². The number of hydrogen-bond acceptors (Lipinski definition) is 7. The lowest BCUT2D eigenvalue weighted by Gasteiger charge is -2.37. The first-order chi connectivity index (χ1) is 22.2. The van der Waals surface area contributed by atoms with Gasteiger partial charge in [0.1, 0.15) is 11.6 Å². The number of amides is 1. The van der Waals surface area contributed by atoms with Crippen molar-refractivity contribution in [2.24, 2.45) is 0 Å². The van der Waals surface area contributed by atoms with E-state index >= 15 is 4.39 Å². The molecule has 4 aliphatic heterocycles. The van der Waals surface area contributed by atoms with Gasteiger partial charge in [-0.25, -0.2) is 9.18 Å². The first-order valence-corrected chi connectivity index (χ1v) is 16.4. The van der Waals surface area contributed by atoms with E-state index in [1.165, 1.54) is 4.90 Å². The van der Waals surface area contributed by atoms with Crippen molar-refractivity contribution in [3.8, 4) is 16.9 Å². The maximum Gasteiger partial charge on any atom is 0.337 e. The van der Waals surface area contributed by atoms with Gasteiger partial charge in [-0.1, -0.05) is 41.4 Å². The number of carboxylic acid groups (broad SMARTS) is 1. The molecule has 4 atom stereocenters. The van der Waals surface area contributed by atoms with E-state index in [1.807, 2.05) is 18.2 Å². The number of carboxylic acids is 1. The summed E-state index contributed by atoms with van der Waals surface area (Å²) in [6, 6.07) is 12.8. The van der Waals surface area contributed by atoms with Crippen molar-refractivity contribution in [3.05, 3.63) is 75.0 Å². The fourth-order valence-electron chi connectivity index (χ4n) is 7.77. The van der Waals surface area contributed by atoms with Crippen LogP contribution in [0.1, 0.15) is 45.5 Å². The highest BCUT2D eigenvalue weighted by atomic mass is 35.5. The number of anilines is 2. The molecule has 3 saturated heterocycles. The highest BCUT2D eigenvalue weighted by Crippen LogP contribution is 2.44. The molecule has 1 saturated carbocycles. The van der Waals surface area contributed by atoms with Gasteiger partial charge in [-0.2, -0.15) is 0 Å². The van der Waals surface area contributed by atoms with Crippen LogP contribution in [0.5, 0.6) is 5.75 Å². The van der Waals surface area contributed by atoms with Crippen LogP contribution in [0.15, 0.2) is 42.5 Å². The molecule has 4 heterocycles. The summed E-state index contributed by atoms with van der Waals surface area (Å²) in [6.07, 6.45) is 2.87. The monoisotopic (exact) mass is 666 g/mol. The molecule has 5 aliphatic rings. The van der Waals surface area contributed by atoms with E-state index in [2.05, 4.69) is 21.7 Å². The number of hydrogen-bond donors (Lipinski definition) is 1. The minimum atomic E-state index is -1.18. The van der Waals surface area contributed by atoms with Gasteiger partial charge in [0, 0.05) is 47.6 Å². The standard InChI is InChI=1S/C34H33Cl2FN4O5/c1-38-7-8-40(30-13-29(30)38)21-9-25(35)31(26(36)10-21)33(42)39-14-18-3-2-4-22(32(18)46-17-39)23-12-28(24(34(43)44)11-27(23)37)41-19-5-6-20(41)16-45-15-19/h2-4,9-12,19-20,29-30H,5-8,13-17H2,1H3,(H,43,44). The number of benzene rings is 3. The molecule has 1 amide bonds. The van der Waals surface area contributed by atoms with Crippen LogP contribution >= 0.6 is 23.2 Å². The third-order valence-corrected chi connectivity index (χ3v) is 10.8. The van der Waals surface area contributed by atoms with E-state index in [0.29, 0.717) is 47.9 Å². The molecular weight excluding hydrogens is 634 g/mol. The van der Waals surface area contributed by atoms with Gasteiger partial charge in [0.15, 0.2) is 6.73 Å². The minimum Gasteiger partial charge on any atom is -0.478 e. The van der Waals surface area contributed by atoms with Gasteiger partial charge in [-0.3, -0.25) is 9.69 Å². The summed E-state index contributed by atoms with van der Waals surface area (Å²) >= 11 is 13.4. The van der Waals surface area contributed by atoms with E-state index in [4.69, 9.17) is 32.7 Å². The normalized spacial score (nSPS) is 25.2. The topological polar surface area (TPSA) is 85.8 Å². The summed E-state index contributed by atoms with van der Waals surface area (Å²) in [6.45, 7) is 2.94. The van der Waals surface area contributed by atoms with E-state index in [9.17, 15) is 14.7 Å². The number of rotatable bonds is 5. The molecule has 1 aliphatic carbocycles. The molecule has 0 aromatic heterocycles. The summed E-state index contributed by atoms with van der Waals surface area (Å²) in [5, 5.41) is 10.5. The second-order valence-corrected chi connectivity index (χ2v) is 13.7. The summed E-state index contributed by atoms with van der Waals surface area (Å²) in [5.74, 6) is -1.75. The molecule has 0 spiro atoms. The van der Waals surface area contributed by atoms with Gasteiger partial charge in [0.25, 0.3) is 5.91 Å². The Morgan fingerprint density at radius 1 is 0.978 bits per heavy atom. The van der Waals surface area contributed by atoms with Gasteiger partial charge in [0.05, 0.1) is 58.7 Å². The third-order valence-electron chi connectivity index (χ3n) is 10.2. The number of ether oxygens (including phenoxy) is 2. The Balaban J connectivity index is 1.08. The van der Waals surface area contributed by atoms with Crippen LogP contribution in [-0.2, 0) is 11.3 Å². The van der Waals surface area contributed by atoms with Crippen LogP contribution < -0.4 is 14.5 Å². The summed E-state index contributed by atoms with van der Waals surface area (Å²) in [4.78, 5) is 34.3. The molecule has 3 aromatic rings. The fraction of sp³-hybridized carbons (Fsp3) is 0.412. The van der Waals surface area contributed by atoms with Crippen molar-refractivity contribution in [1.29, 1.82) is 0 Å². The summed E-state index contributed by atoms with van der Waals surface area (Å²) in [7, 11) is 2.14. The predicted octanol–water partition coefficient (Wildman–Crippen LogP) is 5.75. The average molecular weight is 668 g/mol. The summed E-state index contributed by atoms with van der Waals surface area (Å²) < 4.78 is 27.5. The summed E-state index contributed by atoms with van der Waals surface area (Å²) in [5.41, 5.74) is 2.96. The molecule has 4 fully saturated rings. The average Bonchev–Trinajstić information content (AvgIpc) is 3.81. The van der Waals surface area contributed by atoms with E-state index in [0.717, 1.165) is 44.1 Å².